The number of hydrogen-bond donors (Lipinski definition) is 2. The number of benzene rings is 1. The van der Waals surface area contributed by atoms with Crippen LogP contribution >= 0.6 is 0 Å². The minimum atomic E-state index is -0.112. The third-order valence-electron chi connectivity index (χ3n) is 5.47. The van der Waals surface area contributed by atoms with Gasteiger partial charge in [-0.25, -0.2) is 4.79 Å². The first-order valence-electron chi connectivity index (χ1n) is 8.56. The molecule has 0 aromatic heterocycles. The van der Waals surface area contributed by atoms with Crippen LogP contribution < -0.4 is 5.32 Å². The van der Waals surface area contributed by atoms with Crippen LogP contribution in [0.4, 0.5) is 4.79 Å². The van der Waals surface area contributed by atoms with Gasteiger partial charge in [-0.05, 0) is 57.4 Å². The number of urea groups is 1. The SMILES string of the molecule is C[C@H](NC(=O)N1CCCC12CCN(C)CC2)c1cccc(O)c1. The molecule has 1 aromatic carbocycles. The zero-order chi connectivity index (χ0) is 16.4. The third-order valence-corrected chi connectivity index (χ3v) is 5.47. The Kier molecular flexibility index (Phi) is 4.48. The Labute approximate surface area is 138 Å². The van der Waals surface area contributed by atoms with Crippen LogP contribution in [0.1, 0.15) is 44.2 Å². The lowest BCUT2D eigenvalue weighted by Crippen LogP contribution is -2.56. The van der Waals surface area contributed by atoms with Gasteiger partial charge in [-0.2, -0.15) is 0 Å². The molecule has 126 valence electrons. The molecule has 1 atom stereocenters. The van der Waals surface area contributed by atoms with Crippen LogP contribution in [0.2, 0.25) is 0 Å². The minimum Gasteiger partial charge on any atom is -0.508 e. The predicted octanol–water partition coefficient (Wildman–Crippen LogP) is 2.72. The topological polar surface area (TPSA) is 55.8 Å². The molecule has 0 saturated carbocycles. The first-order chi connectivity index (χ1) is 11.0. The Balaban J connectivity index is 1.67. The number of phenols is 1. The number of hydrogen-bond acceptors (Lipinski definition) is 3. The summed E-state index contributed by atoms with van der Waals surface area (Å²) < 4.78 is 0. The van der Waals surface area contributed by atoms with Crippen molar-refractivity contribution in [2.24, 2.45) is 0 Å². The van der Waals surface area contributed by atoms with E-state index >= 15 is 0 Å². The fraction of sp³-hybridized carbons (Fsp3) is 0.611. The van der Waals surface area contributed by atoms with Crippen molar-refractivity contribution in [2.45, 2.75) is 44.2 Å². The number of likely N-dealkylation sites (tertiary alicyclic amines) is 2. The fourth-order valence-corrected chi connectivity index (χ4v) is 3.95. The number of phenolic OH excluding ortho intramolecular Hbond substituents is 1. The highest BCUT2D eigenvalue weighted by Gasteiger charge is 2.45. The number of amides is 2. The van der Waals surface area contributed by atoms with Crippen molar-refractivity contribution in [3.05, 3.63) is 29.8 Å². The number of carbonyl (C=O) groups is 1. The van der Waals surface area contributed by atoms with Crippen LogP contribution in [-0.4, -0.2) is 53.2 Å². The monoisotopic (exact) mass is 317 g/mol. The molecule has 2 aliphatic heterocycles. The van der Waals surface area contributed by atoms with E-state index in [1.165, 1.54) is 0 Å². The maximum Gasteiger partial charge on any atom is 0.318 e. The molecule has 2 N–H and O–H groups in total. The number of piperidine rings is 1. The highest BCUT2D eigenvalue weighted by Crippen LogP contribution is 2.38. The van der Waals surface area contributed by atoms with Gasteiger partial charge in [-0.15, -0.1) is 0 Å². The van der Waals surface area contributed by atoms with Gasteiger partial charge in [0.25, 0.3) is 0 Å². The summed E-state index contributed by atoms with van der Waals surface area (Å²) in [6, 6.07) is 7.01. The minimum absolute atomic E-state index is 0.0305. The predicted molar refractivity (Wildman–Crippen MR) is 90.5 cm³/mol. The standard InChI is InChI=1S/C18H27N3O2/c1-14(15-5-3-6-16(22)13-15)19-17(23)21-10-4-7-18(21)8-11-20(2)12-9-18/h3,5-6,13-14,22H,4,7-12H2,1-2H3,(H,19,23)/t14-/m0/s1. The summed E-state index contributed by atoms with van der Waals surface area (Å²) in [6.45, 7) is 4.93. The van der Waals surface area contributed by atoms with Gasteiger partial charge < -0.3 is 20.2 Å². The van der Waals surface area contributed by atoms with Crippen molar-refractivity contribution in [3.63, 3.8) is 0 Å². The molecule has 2 heterocycles. The third kappa shape index (κ3) is 3.29. The Hall–Kier alpha value is -1.75. The highest BCUT2D eigenvalue weighted by atomic mass is 16.3. The summed E-state index contributed by atoms with van der Waals surface area (Å²) in [4.78, 5) is 17.2. The normalized spacial score (nSPS) is 22.3. The lowest BCUT2D eigenvalue weighted by molar-refractivity contribution is 0.0819. The average Bonchev–Trinajstić information content (AvgIpc) is 2.94. The Bertz CT molecular complexity index is 567. The van der Waals surface area contributed by atoms with E-state index in [-0.39, 0.29) is 23.4 Å². The van der Waals surface area contributed by atoms with Gasteiger partial charge in [-0.3, -0.25) is 0 Å². The lowest BCUT2D eigenvalue weighted by Gasteiger charge is -2.44. The van der Waals surface area contributed by atoms with Gasteiger partial charge in [0.05, 0.1) is 6.04 Å². The van der Waals surface area contributed by atoms with Crippen LogP contribution in [0.5, 0.6) is 5.75 Å². The van der Waals surface area contributed by atoms with E-state index in [4.69, 9.17) is 0 Å². The molecule has 1 spiro atoms. The number of carbonyl (C=O) groups excluding carboxylic acids is 1. The van der Waals surface area contributed by atoms with Crippen LogP contribution in [-0.2, 0) is 0 Å². The number of aromatic hydroxyl groups is 1. The molecule has 5 heteroatoms. The van der Waals surface area contributed by atoms with Crippen molar-refractivity contribution < 1.29 is 9.90 Å². The van der Waals surface area contributed by atoms with Gasteiger partial charge in [-0.1, -0.05) is 12.1 Å². The van der Waals surface area contributed by atoms with Gasteiger partial charge in [0, 0.05) is 25.2 Å². The second-order valence-corrected chi connectivity index (χ2v) is 7.05. The summed E-state index contributed by atoms with van der Waals surface area (Å²) >= 11 is 0. The van der Waals surface area contributed by atoms with Crippen molar-refractivity contribution in [3.8, 4) is 5.75 Å². The molecule has 0 unspecified atom stereocenters. The molecule has 0 bridgehead atoms. The van der Waals surface area contributed by atoms with Crippen LogP contribution in [0.25, 0.3) is 0 Å². The van der Waals surface area contributed by atoms with Crippen molar-refractivity contribution in [2.75, 3.05) is 26.7 Å². The van der Waals surface area contributed by atoms with Crippen molar-refractivity contribution in [1.29, 1.82) is 0 Å². The zero-order valence-electron chi connectivity index (χ0n) is 14.1. The van der Waals surface area contributed by atoms with E-state index in [1.807, 2.05) is 19.1 Å². The molecule has 5 nitrogen and oxygen atoms in total. The second kappa shape index (κ2) is 6.40. The van der Waals surface area contributed by atoms with E-state index in [9.17, 15) is 9.90 Å². The smallest absolute Gasteiger partial charge is 0.318 e. The second-order valence-electron chi connectivity index (χ2n) is 7.05. The van der Waals surface area contributed by atoms with E-state index < -0.39 is 0 Å². The molecule has 1 aromatic rings. The molecular weight excluding hydrogens is 290 g/mol. The Morgan fingerprint density at radius 2 is 2.00 bits per heavy atom. The molecule has 2 fully saturated rings. The maximum atomic E-state index is 12.8. The summed E-state index contributed by atoms with van der Waals surface area (Å²) in [7, 11) is 2.15. The number of nitrogens with zero attached hydrogens (tertiary/aromatic N) is 2. The van der Waals surface area contributed by atoms with E-state index in [1.54, 1.807) is 12.1 Å². The highest BCUT2D eigenvalue weighted by molar-refractivity contribution is 5.76. The molecule has 2 amide bonds. The summed E-state index contributed by atoms with van der Waals surface area (Å²) in [5.41, 5.74) is 0.977. The first-order valence-corrected chi connectivity index (χ1v) is 8.56. The summed E-state index contributed by atoms with van der Waals surface area (Å²) in [5.74, 6) is 0.233. The Morgan fingerprint density at radius 1 is 1.26 bits per heavy atom. The fourth-order valence-electron chi connectivity index (χ4n) is 3.95. The molecule has 2 saturated heterocycles. The van der Waals surface area contributed by atoms with E-state index in [2.05, 4.69) is 22.2 Å². The number of nitrogens with one attached hydrogen (secondary N) is 1. The van der Waals surface area contributed by atoms with E-state index in [0.717, 1.165) is 50.9 Å². The molecule has 2 aliphatic rings. The molecular formula is C18H27N3O2. The van der Waals surface area contributed by atoms with Crippen molar-refractivity contribution in [1.82, 2.24) is 15.1 Å². The zero-order valence-corrected chi connectivity index (χ0v) is 14.1. The molecule has 3 rings (SSSR count). The van der Waals surface area contributed by atoms with Crippen LogP contribution in [0.15, 0.2) is 24.3 Å². The van der Waals surface area contributed by atoms with Crippen LogP contribution in [0.3, 0.4) is 0 Å². The molecule has 23 heavy (non-hydrogen) atoms. The van der Waals surface area contributed by atoms with Gasteiger partial charge in [0.15, 0.2) is 0 Å². The maximum absolute atomic E-state index is 12.8. The first kappa shape index (κ1) is 16.1. The largest absolute Gasteiger partial charge is 0.508 e. The molecule has 0 radical (unpaired) electrons. The average molecular weight is 317 g/mol. The summed E-state index contributed by atoms with van der Waals surface area (Å²) in [6.07, 6.45) is 4.35. The lowest BCUT2D eigenvalue weighted by atomic mass is 9.85. The number of rotatable bonds is 2. The van der Waals surface area contributed by atoms with Crippen LogP contribution in [0, 0.1) is 0 Å². The van der Waals surface area contributed by atoms with Gasteiger partial charge in [0.2, 0.25) is 0 Å². The quantitative estimate of drug-likeness (QED) is 0.882. The summed E-state index contributed by atoms with van der Waals surface area (Å²) in [5, 5.41) is 12.7. The van der Waals surface area contributed by atoms with Gasteiger partial charge >= 0.3 is 6.03 Å². The van der Waals surface area contributed by atoms with Gasteiger partial charge in [0.1, 0.15) is 5.75 Å². The van der Waals surface area contributed by atoms with E-state index in [0.29, 0.717) is 0 Å². The molecule has 0 aliphatic carbocycles. The Morgan fingerprint density at radius 3 is 2.70 bits per heavy atom. The van der Waals surface area contributed by atoms with Crippen molar-refractivity contribution >= 4 is 6.03 Å².